The van der Waals surface area contributed by atoms with E-state index in [2.05, 4.69) is 52.9 Å². The zero-order valence-electron chi connectivity index (χ0n) is 18.7. The number of hydrogen-bond donors (Lipinski definition) is 3. The minimum Gasteiger partial charge on any atom is -0.497 e. The van der Waals surface area contributed by atoms with Gasteiger partial charge in [0.25, 0.3) is 0 Å². The molecule has 0 bridgehead atoms. The largest absolute Gasteiger partial charge is 0.497 e. The summed E-state index contributed by atoms with van der Waals surface area (Å²) in [4.78, 5) is 15.7. The van der Waals surface area contributed by atoms with E-state index in [4.69, 9.17) is 4.74 Å². The first kappa shape index (κ1) is 21.9. The summed E-state index contributed by atoms with van der Waals surface area (Å²) in [6.07, 6.45) is 7.24. The summed E-state index contributed by atoms with van der Waals surface area (Å²) in [6, 6.07) is 16.7. The van der Waals surface area contributed by atoms with Crippen molar-refractivity contribution in [3.05, 3.63) is 66.5 Å². The molecule has 1 amide bonds. The summed E-state index contributed by atoms with van der Waals surface area (Å²) >= 11 is 0. The number of benzene rings is 2. The Balaban J connectivity index is 1.54. The van der Waals surface area contributed by atoms with Crippen LogP contribution in [0.1, 0.15) is 44.6 Å². The third kappa shape index (κ3) is 4.49. The van der Waals surface area contributed by atoms with E-state index in [1.54, 1.807) is 7.11 Å². The van der Waals surface area contributed by atoms with Crippen LogP contribution in [0.15, 0.2) is 60.9 Å². The van der Waals surface area contributed by atoms with Crippen molar-refractivity contribution in [2.75, 3.05) is 12.4 Å². The molecule has 6 nitrogen and oxygen atoms in total. The van der Waals surface area contributed by atoms with Gasteiger partial charge in [-0.1, -0.05) is 25.1 Å². The number of aromatic nitrogens is 1. The van der Waals surface area contributed by atoms with E-state index in [-0.39, 0.29) is 11.5 Å². The van der Waals surface area contributed by atoms with Crippen molar-refractivity contribution in [3.8, 4) is 5.75 Å². The highest BCUT2D eigenvalue weighted by Gasteiger charge is 2.43. The Bertz CT molecular complexity index is 1060. The molecule has 3 aromatic rings. The van der Waals surface area contributed by atoms with Crippen LogP contribution in [-0.4, -0.2) is 35.4 Å². The van der Waals surface area contributed by atoms with E-state index in [1.807, 2.05) is 30.6 Å². The first-order chi connectivity index (χ1) is 15.5. The summed E-state index contributed by atoms with van der Waals surface area (Å²) in [7, 11) is 1.66. The number of amides is 1. The van der Waals surface area contributed by atoms with Gasteiger partial charge in [-0.2, -0.15) is 0 Å². The van der Waals surface area contributed by atoms with Crippen molar-refractivity contribution in [2.24, 2.45) is 0 Å². The average molecular weight is 434 g/mol. The molecule has 168 valence electrons. The third-order valence-corrected chi connectivity index (χ3v) is 6.93. The van der Waals surface area contributed by atoms with Crippen LogP contribution in [-0.2, 0) is 5.41 Å². The molecular formula is C26H31N3O3. The minimum atomic E-state index is -0.962. The second-order valence-electron chi connectivity index (χ2n) is 8.65. The maximum absolute atomic E-state index is 11.5. The molecule has 1 aliphatic carbocycles. The van der Waals surface area contributed by atoms with Crippen LogP contribution in [0.5, 0.6) is 5.75 Å². The highest BCUT2D eigenvalue weighted by atomic mass is 16.5. The number of carboxylic acid groups (broad SMARTS) is 1. The van der Waals surface area contributed by atoms with Crippen molar-refractivity contribution in [1.29, 1.82) is 0 Å². The third-order valence-electron chi connectivity index (χ3n) is 6.93. The van der Waals surface area contributed by atoms with Crippen LogP contribution < -0.4 is 15.4 Å². The first-order valence-corrected chi connectivity index (χ1v) is 11.3. The van der Waals surface area contributed by atoms with Gasteiger partial charge in [0.2, 0.25) is 0 Å². The lowest BCUT2D eigenvalue weighted by atomic mass is 9.63. The SMILES string of the molecule is CCC(NC(=O)O)C1(c2ccc(OC)cc2)CCC(Nc2ccc3cnccc3c2)CC1. The lowest BCUT2D eigenvalue weighted by Gasteiger charge is -2.46. The van der Waals surface area contributed by atoms with Gasteiger partial charge in [0, 0.05) is 41.0 Å². The molecule has 0 radical (unpaired) electrons. The Morgan fingerprint density at radius 1 is 1.16 bits per heavy atom. The molecule has 32 heavy (non-hydrogen) atoms. The van der Waals surface area contributed by atoms with E-state index < -0.39 is 6.09 Å². The Morgan fingerprint density at radius 2 is 1.91 bits per heavy atom. The molecule has 1 atom stereocenters. The fraction of sp³-hybridized carbons (Fsp3) is 0.385. The molecule has 1 saturated carbocycles. The van der Waals surface area contributed by atoms with Gasteiger partial charge in [-0.25, -0.2) is 4.79 Å². The number of methoxy groups -OCH3 is 1. The van der Waals surface area contributed by atoms with E-state index >= 15 is 0 Å². The summed E-state index contributed by atoms with van der Waals surface area (Å²) in [5, 5.41) is 18.3. The summed E-state index contributed by atoms with van der Waals surface area (Å²) < 4.78 is 5.33. The number of anilines is 1. The number of rotatable bonds is 7. The molecule has 0 aliphatic heterocycles. The second kappa shape index (κ2) is 9.47. The fourth-order valence-corrected chi connectivity index (χ4v) is 5.23. The summed E-state index contributed by atoms with van der Waals surface area (Å²) in [5.74, 6) is 0.810. The van der Waals surface area contributed by atoms with Crippen molar-refractivity contribution in [1.82, 2.24) is 10.3 Å². The normalized spacial score (nSPS) is 21.6. The van der Waals surface area contributed by atoms with E-state index in [1.165, 1.54) is 10.9 Å². The number of pyridine rings is 1. The van der Waals surface area contributed by atoms with Gasteiger partial charge in [-0.05, 0) is 73.4 Å². The Hall–Kier alpha value is -3.28. The number of fused-ring (bicyclic) bond motifs is 1. The highest BCUT2D eigenvalue weighted by molar-refractivity contribution is 5.84. The van der Waals surface area contributed by atoms with E-state index in [9.17, 15) is 9.90 Å². The standard InChI is InChI=1S/C26H31N3O3/c1-3-24(29-25(30)31)26(20-5-8-23(32-2)9-6-20)13-10-21(11-14-26)28-22-7-4-19-17-27-15-12-18(19)16-22/h4-9,12,15-17,21,24,28-29H,3,10-11,13-14H2,1-2H3,(H,30,31). The van der Waals surface area contributed by atoms with Gasteiger partial charge < -0.3 is 20.5 Å². The lowest BCUT2D eigenvalue weighted by Crippen LogP contribution is -2.52. The molecule has 0 spiro atoms. The van der Waals surface area contributed by atoms with Crippen LogP contribution >= 0.6 is 0 Å². The highest BCUT2D eigenvalue weighted by Crippen LogP contribution is 2.44. The van der Waals surface area contributed by atoms with Crippen molar-refractivity contribution < 1.29 is 14.6 Å². The molecule has 6 heteroatoms. The smallest absolute Gasteiger partial charge is 0.404 e. The van der Waals surface area contributed by atoms with Crippen LogP contribution in [0.2, 0.25) is 0 Å². The maximum Gasteiger partial charge on any atom is 0.404 e. The Kier molecular flexibility index (Phi) is 6.49. The Labute approximate surface area is 189 Å². The quantitative estimate of drug-likeness (QED) is 0.453. The van der Waals surface area contributed by atoms with Crippen LogP contribution in [0.4, 0.5) is 10.5 Å². The lowest BCUT2D eigenvalue weighted by molar-refractivity contribution is 0.162. The molecule has 3 N–H and O–H groups in total. The van der Waals surface area contributed by atoms with Gasteiger partial charge in [0.05, 0.1) is 7.11 Å². The van der Waals surface area contributed by atoms with Crippen molar-refractivity contribution >= 4 is 22.6 Å². The summed E-state index contributed by atoms with van der Waals surface area (Å²) in [5.41, 5.74) is 2.06. The molecule has 0 saturated heterocycles. The van der Waals surface area contributed by atoms with Gasteiger partial charge in [0.15, 0.2) is 0 Å². The second-order valence-corrected chi connectivity index (χ2v) is 8.65. The predicted molar refractivity (Wildman–Crippen MR) is 128 cm³/mol. The number of hydrogen-bond acceptors (Lipinski definition) is 4. The Morgan fingerprint density at radius 3 is 2.56 bits per heavy atom. The van der Waals surface area contributed by atoms with Crippen molar-refractivity contribution in [3.63, 3.8) is 0 Å². The molecular weight excluding hydrogens is 402 g/mol. The molecule has 1 heterocycles. The first-order valence-electron chi connectivity index (χ1n) is 11.3. The zero-order chi connectivity index (χ0) is 22.6. The fourth-order valence-electron chi connectivity index (χ4n) is 5.23. The number of nitrogens with one attached hydrogen (secondary N) is 2. The van der Waals surface area contributed by atoms with Crippen LogP contribution in [0, 0.1) is 0 Å². The summed E-state index contributed by atoms with van der Waals surface area (Å²) in [6.45, 7) is 2.06. The average Bonchev–Trinajstić information content (AvgIpc) is 2.83. The van der Waals surface area contributed by atoms with Gasteiger partial charge >= 0.3 is 6.09 Å². The zero-order valence-corrected chi connectivity index (χ0v) is 18.7. The number of carbonyl (C=O) groups is 1. The van der Waals surface area contributed by atoms with Crippen LogP contribution in [0.25, 0.3) is 10.8 Å². The predicted octanol–water partition coefficient (Wildman–Crippen LogP) is 5.58. The van der Waals surface area contributed by atoms with E-state index in [0.29, 0.717) is 6.04 Å². The molecule has 1 aliphatic rings. The number of nitrogens with zero attached hydrogens (tertiary/aromatic N) is 1. The van der Waals surface area contributed by atoms with Crippen LogP contribution in [0.3, 0.4) is 0 Å². The molecule has 1 fully saturated rings. The van der Waals surface area contributed by atoms with Gasteiger partial charge in [0.1, 0.15) is 5.75 Å². The monoisotopic (exact) mass is 433 g/mol. The molecule has 1 aromatic heterocycles. The maximum atomic E-state index is 11.5. The topological polar surface area (TPSA) is 83.5 Å². The molecule has 2 aromatic carbocycles. The molecule has 4 rings (SSSR count). The minimum absolute atomic E-state index is 0.137. The number of ether oxygens (including phenoxy) is 1. The van der Waals surface area contributed by atoms with E-state index in [0.717, 1.165) is 48.9 Å². The van der Waals surface area contributed by atoms with Crippen molar-refractivity contribution in [2.45, 2.75) is 56.5 Å². The molecule has 1 unspecified atom stereocenters. The van der Waals surface area contributed by atoms with Gasteiger partial charge in [-0.15, -0.1) is 0 Å². The van der Waals surface area contributed by atoms with Gasteiger partial charge in [-0.3, -0.25) is 4.98 Å².